The number of morpholine rings is 1. The molecule has 1 aliphatic carbocycles. The third kappa shape index (κ3) is 3.63. The molecule has 7 heteroatoms. The fraction of sp³-hybridized carbons (Fsp3) is 0.417. The van der Waals surface area contributed by atoms with Crippen molar-refractivity contribution in [3.63, 3.8) is 0 Å². The Morgan fingerprint density at radius 3 is 2.55 bits per heavy atom. The molecule has 1 atom stereocenters. The lowest BCUT2D eigenvalue weighted by Crippen LogP contribution is -2.38. The number of fused-ring (bicyclic) bond motifs is 3. The predicted molar refractivity (Wildman–Crippen MR) is 119 cm³/mol. The molecule has 160 valence electrons. The molecule has 0 unspecified atom stereocenters. The van der Waals surface area contributed by atoms with E-state index in [0.29, 0.717) is 67.6 Å². The lowest BCUT2D eigenvalue weighted by molar-refractivity contribution is 0.0964. The fourth-order valence-electron chi connectivity index (χ4n) is 4.57. The smallest absolute Gasteiger partial charge is 0.262 e. The minimum atomic E-state index is -0.237. The van der Waals surface area contributed by atoms with Crippen LogP contribution in [0.1, 0.15) is 59.2 Å². The number of nitrogens with zero attached hydrogens (tertiary/aromatic N) is 3. The van der Waals surface area contributed by atoms with Gasteiger partial charge in [0.1, 0.15) is 0 Å². The third-order valence-electron chi connectivity index (χ3n) is 6.40. The van der Waals surface area contributed by atoms with Crippen molar-refractivity contribution in [3.8, 4) is 0 Å². The van der Waals surface area contributed by atoms with Gasteiger partial charge in [0, 0.05) is 31.3 Å². The van der Waals surface area contributed by atoms with Crippen LogP contribution in [-0.2, 0) is 11.2 Å². The van der Waals surface area contributed by atoms with Gasteiger partial charge in [-0.2, -0.15) is 4.98 Å². The largest absolute Gasteiger partial charge is 0.378 e. The highest BCUT2D eigenvalue weighted by atomic mass is 16.5. The molecule has 1 saturated heterocycles. The number of hydrogen-bond acceptors (Lipinski definition) is 6. The van der Waals surface area contributed by atoms with Crippen molar-refractivity contribution < 1.29 is 9.53 Å². The maximum absolute atomic E-state index is 13.1. The van der Waals surface area contributed by atoms with E-state index in [1.807, 2.05) is 4.90 Å². The number of nitrogens with one attached hydrogen (secondary N) is 1. The Hall–Kier alpha value is -3.06. The molecule has 0 spiro atoms. The van der Waals surface area contributed by atoms with E-state index in [0.717, 1.165) is 11.1 Å². The maximum Gasteiger partial charge on any atom is 0.262 e. The van der Waals surface area contributed by atoms with Gasteiger partial charge in [-0.3, -0.25) is 14.6 Å². The summed E-state index contributed by atoms with van der Waals surface area (Å²) in [6.07, 6.45) is 2.65. The van der Waals surface area contributed by atoms with Crippen LogP contribution in [0.2, 0.25) is 0 Å². The summed E-state index contributed by atoms with van der Waals surface area (Å²) >= 11 is 0. The van der Waals surface area contributed by atoms with Crippen LogP contribution in [0.3, 0.4) is 0 Å². The van der Waals surface area contributed by atoms with Crippen LogP contribution < -0.4 is 10.5 Å². The number of hydrogen-bond donors (Lipinski definition) is 1. The van der Waals surface area contributed by atoms with E-state index in [-0.39, 0.29) is 17.3 Å². The van der Waals surface area contributed by atoms with E-state index in [2.05, 4.69) is 53.1 Å². The van der Waals surface area contributed by atoms with Crippen molar-refractivity contribution in [2.75, 3.05) is 31.2 Å². The fourth-order valence-corrected chi connectivity index (χ4v) is 4.57. The summed E-state index contributed by atoms with van der Waals surface area (Å²) in [5.41, 5.74) is 3.88. The summed E-state index contributed by atoms with van der Waals surface area (Å²) in [7, 11) is 0. The van der Waals surface area contributed by atoms with Crippen molar-refractivity contribution >= 4 is 22.8 Å². The number of ether oxygens (including phenoxy) is 1. The quantitative estimate of drug-likeness (QED) is 0.703. The molecule has 2 aromatic heterocycles. The normalized spacial score (nSPS) is 19.1. The van der Waals surface area contributed by atoms with Crippen LogP contribution in [0.5, 0.6) is 0 Å². The Balaban J connectivity index is 1.54. The van der Waals surface area contributed by atoms with Crippen LogP contribution in [0, 0.1) is 0 Å². The van der Waals surface area contributed by atoms with Gasteiger partial charge in [-0.25, -0.2) is 4.98 Å². The number of aromatic nitrogens is 3. The lowest BCUT2D eigenvalue weighted by atomic mass is 9.79. The van der Waals surface area contributed by atoms with Gasteiger partial charge in [0.2, 0.25) is 5.95 Å². The molecular formula is C24H26N4O3. The van der Waals surface area contributed by atoms with Crippen molar-refractivity contribution in [1.82, 2.24) is 15.0 Å². The third-order valence-corrected chi connectivity index (χ3v) is 6.40. The Bertz CT molecular complexity index is 1190. The van der Waals surface area contributed by atoms with Crippen molar-refractivity contribution in [2.24, 2.45) is 0 Å². The van der Waals surface area contributed by atoms with Gasteiger partial charge in [0.25, 0.3) is 5.56 Å². The maximum atomic E-state index is 13.1. The molecule has 1 aromatic carbocycles. The molecular weight excluding hydrogens is 392 g/mol. The highest BCUT2D eigenvalue weighted by Gasteiger charge is 2.30. The van der Waals surface area contributed by atoms with E-state index < -0.39 is 0 Å². The predicted octanol–water partition coefficient (Wildman–Crippen LogP) is 3.19. The average Bonchev–Trinajstić information content (AvgIpc) is 2.79. The monoisotopic (exact) mass is 418 g/mol. The number of Topliss-reactive ketones (excluding diaryl/α,β-unsaturated/α-hetero) is 1. The number of benzene rings is 1. The minimum Gasteiger partial charge on any atom is -0.378 e. The van der Waals surface area contributed by atoms with Gasteiger partial charge in [-0.05, 0) is 34.9 Å². The Morgan fingerprint density at radius 2 is 1.84 bits per heavy atom. The summed E-state index contributed by atoms with van der Waals surface area (Å²) in [4.78, 5) is 39.9. The van der Waals surface area contributed by atoms with E-state index in [1.165, 1.54) is 5.56 Å². The van der Waals surface area contributed by atoms with Crippen molar-refractivity contribution in [2.45, 2.75) is 38.5 Å². The number of aromatic amines is 1. The van der Waals surface area contributed by atoms with Gasteiger partial charge in [-0.1, -0.05) is 38.1 Å². The molecule has 0 bridgehead atoms. The van der Waals surface area contributed by atoms with Crippen LogP contribution in [0.25, 0.3) is 11.0 Å². The first-order valence-corrected chi connectivity index (χ1v) is 10.9. The van der Waals surface area contributed by atoms with Crippen molar-refractivity contribution in [3.05, 3.63) is 63.1 Å². The van der Waals surface area contributed by atoms with Crippen LogP contribution in [0.4, 0.5) is 5.95 Å². The molecule has 7 nitrogen and oxygen atoms in total. The molecule has 0 amide bonds. The molecule has 0 radical (unpaired) electrons. The molecule has 1 fully saturated rings. The number of carbonyl (C=O) groups is 1. The zero-order valence-corrected chi connectivity index (χ0v) is 17.9. The SMILES string of the molecule is CC(C)c1ccc([C@H]2CC(=O)c3cnc4nc(N5CCOCC5)[nH]c(=O)c4c3C2)cc1. The average molecular weight is 418 g/mol. The number of rotatable bonds is 3. The highest BCUT2D eigenvalue weighted by Crippen LogP contribution is 2.35. The summed E-state index contributed by atoms with van der Waals surface area (Å²) in [6, 6.07) is 8.49. The number of carbonyl (C=O) groups excluding carboxylic acids is 1. The second kappa shape index (κ2) is 7.89. The second-order valence-electron chi connectivity index (χ2n) is 8.69. The first-order valence-electron chi connectivity index (χ1n) is 10.9. The first kappa shape index (κ1) is 19.9. The lowest BCUT2D eigenvalue weighted by Gasteiger charge is -2.28. The zero-order chi connectivity index (χ0) is 21.5. The van der Waals surface area contributed by atoms with E-state index in [9.17, 15) is 9.59 Å². The summed E-state index contributed by atoms with van der Waals surface area (Å²) < 4.78 is 5.38. The molecule has 5 rings (SSSR count). The van der Waals surface area contributed by atoms with E-state index in [1.54, 1.807) is 6.20 Å². The van der Waals surface area contributed by atoms with Gasteiger partial charge >= 0.3 is 0 Å². The van der Waals surface area contributed by atoms with Gasteiger partial charge in [0.15, 0.2) is 11.4 Å². The molecule has 3 aromatic rings. The Kier molecular flexibility index (Phi) is 5.06. The Labute approximate surface area is 180 Å². The minimum absolute atomic E-state index is 0.0326. The topological polar surface area (TPSA) is 88.2 Å². The standard InChI is InChI=1S/C24H26N4O3/c1-14(2)15-3-5-16(6-4-15)17-11-18-19(20(29)12-17)13-25-22-21(18)23(30)27-24(26-22)28-7-9-31-10-8-28/h3-6,13-14,17H,7-12H2,1-2H3,(H,25,26,27,30)/t17-/m1/s1. The van der Waals surface area contributed by atoms with E-state index in [4.69, 9.17) is 4.74 Å². The van der Waals surface area contributed by atoms with Crippen LogP contribution in [0.15, 0.2) is 35.3 Å². The van der Waals surface area contributed by atoms with Crippen LogP contribution in [-0.4, -0.2) is 47.0 Å². The van der Waals surface area contributed by atoms with Gasteiger partial charge in [0.05, 0.1) is 18.6 Å². The number of pyridine rings is 1. The zero-order valence-electron chi connectivity index (χ0n) is 17.9. The molecule has 0 saturated carbocycles. The number of anilines is 1. The number of H-pyrrole nitrogens is 1. The molecule has 1 N–H and O–H groups in total. The van der Waals surface area contributed by atoms with Gasteiger partial charge in [-0.15, -0.1) is 0 Å². The Morgan fingerprint density at radius 1 is 1.10 bits per heavy atom. The molecule has 31 heavy (non-hydrogen) atoms. The van der Waals surface area contributed by atoms with Crippen molar-refractivity contribution in [1.29, 1.82) is 0 Å². The first-order chi connectivity index (χ1) is 15.0. The van der Waals surface area contributed by atoms with Gasteiger partial charge < -0.3 is 9.64 Å². The second-order valence-corrected chi connectivity index (χ2v) is 8.69. The highest BCUT2D eigenvalue weighted by molar-refractivity contribution is 6.02. The summed E-state index contributed by atoms with van der Waals surface area (Å²) in [5, 5.41) is 0.436. The molecule has 3 heterocycles. The van der Waals surface area contributed by atoms with Crippen LogP contribution >= 0.6 is 0 Å². The molecule has 1 aliphatic heterocycles. The van der Waals surface area contributed by atoms with E-state index >= 15 is 0 Å². The number of ketones is 1. The molecule has 2 aliphatic rings. The summed E-state index contributed by atoms with van der Waals surface area (Å²) in [5.74, 6) is 1.05. The summed E-state index contributed by atoms with van der Waals surface area (Å²) in [6.45, 7) is 6.88.